The van der Waals surface area contributed by atoms with E-state index in [1.54, 1.807) is 0 Å². The maximum Gasteiger partial charge on any atom is 0.0671 e. The van der Waals surface area contributed by atoms with Gasteiger partial charge in [-0.1, -0.05) is 43.4 Å². The molecule has 1 fully saturated rings. The lowest BCUT2D eigenvalue weighted by Crippen LogP contribution is -2.41. The van der Waals surface area contributed by atoms with Crippen molar-refractivity contribution in [1.29, 1.82) is 0 Å². The van der Waals surface area contributed by atoms with E-state index < -0.39 is 0 Å². The van der Waals surface area contributed by atoms with Crippen LogP contribution in [0.2, 0.25) is 0 Å². The second-order valence-electron chi connectivity index (χ2n) is 9.53. The molecule has 3 heteroatoms. The van der Waals surface area contributed by atoms with Crippen LogP contribution >= 0.6 is 0 Å². The highest BCUT2D eigenvalue weighted by molar-refractivity contribution is 6.00. The SMILES string of the molecule is C=C(C)C(=C\C=C(/C)CC)/C=C(C)/C(C)=N/c1cc(C(=C)N2CCCC(N)C2)cc(C)c1C. The highest BCUT2D eigenvalue weighted by atomic mass is 15.2. The summed E-state index contributed by atoms with van der Waals surface area (Å²) < 4.78 is 0. The monoisotopic (exact) mass is 445 g/mol. The van der Waals surface area contributed by atoms with Crippen LogP contribution in [0.15, 0.2) is 70.8 Å². The number of aliphatic imine (C=N–C) groups is 1. The van der Waals surface area contributed by atoms with Crippen molar-refractivity contribution in [3.05, 3.63) is 82.5 Å². The van der Waals surface area contributed by atoms with Crippen molar-refractivity contribution < 1.29 is 0 Å². The molecule has 2 rings (SSSR count). The lowest BCUT2D eigenvalue weighted by Gasteiger charge is -2.34. The van der Waals surface area contributed by atoms with Gasteiger partial charge < -0.3 is 10.6 Å². The van der Waals surface area contributed by atoms with Crippen LogP contribution in [0.3, 0.4) is 0 Å². The molecular formula is C30H43N3. The Labute approximate surface area is 202 Å². The summed E-state index contributed by atoms with van der Waals surface area (Å²) in [6, 6.07) is 4.62. The summed E-state index contributed by atoms with van der Waals surface area (Å²) in [6.07, 6.45) is 9.76. The summed E-state index contributed by atoms with van der Waals surface area (Å²) in [4.78, 5) is 7.36. The fourth-order valence-corrected chi connectivity index (χ4v) is 3.83. The number of benzene rings is 1. The second kappa shape index (κ2) is 12.0. The van der Waals surface area contributed by atoms with Crippen molar-refractivity contribution in [1.82, 2.24) is 4.90 Å². The van der Waals surface area contributed by atoms with Gasteiger partial charge in [-0.25, -0.2) is 0 Å². The van der Waals surface area contributed by atoms with Gasteiger partial charge in [0.15, 0.2) is 0 Å². The first-order valence-corrected chi connectivity index (χ1v) is 12.1. The Morgan fingerprint density at radius 2 is 1.85 bits per heavy atom. The fourth-order valence-electron chi connectivity index (χ4n) is 3.83. The largest absolute Gasteiger partial charge is 0.370 e. The zero-order chi connectivity index (χ0) is 24.7. The van der Waals surface area contributed by atoms with Gasteiger partial charge in [0.25, 0.3) is 0 Å². The van der Waals surface area contributed by atoms with Gasteiger partial charge in [-0.15, -0.1) is 0 Å². The lowest BCUT2D eigenvalue weighted by molar-refractivity contribution is 0.296. The van der Waals surface area contributed by atoms with Gasteiger partial charge in [-0.05, 0) is 107 Å². The van der Waals surface area contributed by atoms with Crippen LogP contribution in [-0.2, 0) is 0 Å². The summed E-state index contributed by atoms with van der Waals surface area (Å²) in [5.74, 6) is 0. The quantitative estimate of drug-likeness (QED) is 0.331. The third-order valence-corrected chi connectivity index (χ3v) is 6.64. The molecule has 3 nitrogen and oxygen atoms in total. The summed E-state index contributed by atoms with van der Waals surface area (Å²) in [5, 5.41) is 0. The lowest BCUT2D eigenvalue weighted by atomic mass is 9.99. The zero-order valence-electron chi connectivity index (χ0n) is 21.9. The van der Waals surface area contributed by atoms with Gasteiger partial charge in [0.1, 0.15) is 0 Å². The molecule has 0 aliphatic carbocycles. The average molecular weight is 446 g/mol. The van der Waals surface area contributed by atoms with Crippen molar-refractivity contribution in [2.45, 2.75) is 73.8 Å². The van der Waals surface area contributed by atoms with Crippen LogP contribution < -0.4 is 5.73 Å². The van der Waals surface area contributed by atoms with Crippen LogP contribution in [0.1, 0.15) is 70.6 Å². The summed E-state index contributed by atoms with van der Waals surface area (Å²) >= 11 is 0. The predicted molar refractivity (Wildman–Crippen MR) is 147 cm³/mol. The number of allylic oxidation sites excluding steroid dienone is 7. The summed E-state index contributed by atoms with van der Waals surface area (Å²) in [7, 11) is 0. The van der Waals surface area contributed by atoms with Crippen LogP contribution in [-0.4, -0.2) is 29.7 Å². The fraction of sp³-hybridized carbons (Fsp3) is 0.433. The number of aryl methyl sites for hydroxylation is 1. The normalized spacial score (nSPS) is 18.5. The number of nitrogens with zero attached hydrogens (tertiary/aromatic N) is 2. The summed E-state index contributed by atoms with van der Waals surface area (Å²) in [6.45, 7) is 25.3. The molecule has 1 aromatic carbocycles. The average Bonchev–Trinajstić information content (AvgIpc) is 2.78. The Bertz CT molecular complexity index is 1020. The minimum Gasteiger partial charge on any atom is -0.370 e. The van der Waals surface area contributed by atoms with Gasteiger partial charge in [0.05, 0.1) is 5.69 Å². The topological polar surface area (TPSA) is 41.6 Å². The maximum atomic E-state index is 6.21. The Balaban J connectivity index is 2.39. The number of piperidine rings is 1. The van der Waals surface area contributed by atoms with Crippen molar-refractivity contribution in [3.8, 4) is 0 Å². The zero-order valence-corrected chi connectivity index (χ0v) is 21.9. The van der Waals surface area contributed by atoms with E-state index in [0.29, 0.717) is 0 Å². The van der Waals surface area contributed by atoms with Gasteiger partial charge in [0.2, 0.25) is 0 Å². The molecule has 0 radical (unpaired) electrons. The smallest absolute Gasteiger partial charge is 0.0671 e. The van der Waals surface area contributed by atoms with E-state index in [-0.39, 0.29) is 6.04 Å². The molecule has 2 N–H and O–H groups in total. The van der Waals surface area contributed by atoms with E-state index in [4.69, 9.17) is 10.7 Å². The molecule has 33 heavy (non-hydrogen) atoms. The molecule has 1 saturated heterocycles. The first kappa shape index (κ1) is 26.6. The van der Waals surface area contributed by atoms with Gasteiger partial charge in [-0.3, -0.25) is 4.99 Å². The van der Waals surface area contributed by atoms with Crippen LogP contribution in [0.25, 0.3) is 5.70 Å². The molecule has 178 valence electrons. The Hall–Kier alpha value is -2.65. The number of hydrogen-bond acceptors (Lipinski definition) is 3. The van der Waals surface area contributed by atoms with Crippen LogP contribution in [0.5, 0.6) is 0 Å². The van der Waals surface area contributed by atoms with Gasteiger partial charge in [-0.2, -0.15) is 0 Å². The van der Waals surface area contributed by atoms with E-state index in [1.165, 1.54) is 16.7 Å². The minimum absolute atomic E-state index is 0.223. The van der Waals surface area contributed by atoms with Gasteiger partial charge >= 0.3 is 0 Å². The van der Waals surface area contributed by atoms with Crippen molar-refractivity contribution in [3.63, 3.8) is 0 Å². The standard InChI is InChI=1S/C30H43N3/c1-10-21(4)13-14-27(20(2)3)17-23(6)25(8)32-30-18-28(16-22(5)24(30)7)26(9)33-15-11-12-29(31)19-33/h13-14,16-18,29H,2,9-12,15,19,31H2,1,3-8H3/b21-13+,23-17+,27-14-,32-25+. The number of hydrogen-bond donors (Lipinski definition) is 1. The molecule has 0 amide bonds. The Kier molecular flexibility index (Phi) is 9.67. The predicted octanol–water partition coefficient (Wildman–Crippen LogP) is 7.59. The molecule has 1 unspecified atom stereocenters. The Morgan fingerprint density at radius 3 is 2.45 bits per heavy atom. The molecule has 1 aromatic rings. The van der Waals surface area contributed by atoms with Crippen LogP contribution in [0, 0.1) is 13.8 Å². The minimum atomic E-state index is 0.223. The number of nitrogens with two attached hydrogens (primary N) is 1. The third kappa shape index (κ3) is 7.43. The van der Waals surface area contributed by atoms with E-state index in [2.05, 4.69) is 90.0 Å². The first-order chi connectivity index (χ1) is 15.5. The van der Waals surface area contributed by atoms with E-state index >= 15 is 0 Å². The van der Waals surface area contributed by atoms with E-state index in [9.17, 15) is 0 Å². The van der Waals surface area contributed by atoms with E-state index in [0.717, 1.165) is 71.7 Å². The number of likely N-dealkylation sites (tertiary alicyclic amines) is 1. The van der Waals surface area contributed by atoms with Crippen molar-refractivity contribution in [2.24, 2.45) is 10.7 Å². The molecule has 1 atom stereocenters. The number of rotatable bonds is 8. The molecule has 1 aliphatic rings. The summed E-state index contributed by atoms with van der Waals surface area (Å²) in [5.41, 5.74) is 17.5. The van der Waals surface area contributed by atoms with Crippen molar-refractivity contribution >= 4 is 17.1 Å². The molecule has 0 bridgehead atoms. The van der Waals surface area contributed by atoms with Crippen molar-refractivity contribution in [2.75, 3.05) is 13.1 Å². The second-order valence-corrected chi connectivity index (χ2v) is 9.53. The Morgan fingerprint density at radius 1 is 1.15 bits per heavy atom. The molecular weight excluding hydrogens is 402 g/mol. The molecule has 1 aliphatic heterocycles. The highest BCUT2D eigenvalue weighted by Crippen LogP contribution is 2.30. The molecule has 0 saturated carbocycles. The maximum absolute atomic E-state index is 6.21. The molecule has 0 aromatic heterocycles. The van der Waals surface area contributed by atoms with Crippen LogP contribution in [0.4, 0.5) is 5.69 Å². The van der Waals surface area contributed by atoms with E-state index in [1.807, 2.05) is 6.92 Å². The van der Waals surface area contributed by atoms with Gasteiger partial charge in [0, 0.05) is 30.5 Å². The molecule has 0 spiro atoms. The highest BCUT2D eigenvalue weighted by Gasteiger charge is 2.19. The third-order valence-electron chi connectivity index (χ3n) is 6.64. The first-order valence-electron chi connectivity index (χ1n) is 12.1. The molecule has 1 heterocycles.